The number of ketones is 1. The lowest BCUT2D eigenvalue weighted by Crippen LogP contribution is -2.20. The van der Waals surface area contributed by atoms with E-state index in [1.165, 1.54) is 0 Å². The molecule has 0 amide bonds. The Kier molecular flexibility index (Phi) is 7.58. The van der Waals surface area contributed by atoms with Crippen LogP contribution in [0.5, 0.6) is 5.75 Å². The van der Waals surface area contributed by atoms with E-state index < -0.39 is 4.83 Å². The Morgan fingerprint density at radius 3 is 2.29 bits per heavy atom. The molecule has 28 heavy (non-hydrogen) atoms. The number of carbonyl (C=O) groups excluding carboxylic acids is 1. The first kappa shape index (κ1) is 21.4. The maximum absolute atomic E-state index is 13.1. The Labute approximate surface area is 191 Å². The number of hydrogen-bond acceptors (Lipinski definition) is 2. The number of ether oxygens (including phenoxy) is 1. The lowest BCUT2D eigenvalue weighted by atomic mass is 10.0. The van der Waals surface area contributed by atoms with E-state index in [2.05, 4.69) is 31.9 Å². The van der Waals surface area contributed by atoms with Crippen molar-refractivity contribution in [1.29, 1.82) is 0 Å². The van der Waals surface area contributed by atoms with Gasteiger partial charge in [0.15, 0.2) is 5.78 Å². The van der Waals surface area contributed by atoms with Gasteiger partial charge in [-0.1, -0.05) is 104 Å². The van der Waals surface area contributed by atoms with Crippen molar-refractivity contribution in [1.82, 2.24) is 0 Å². The zero-order valence-electron chi connectivity index (χ0n) is 14.6. The number of rotatable bonds is 7. The average molecular weight is 543 g/mol. The van der Waals surface area contributed by atoms with Crippen LogP contribution in [0.1, 0.15) is 26.3 Å². The second-order valence-corrected chi connectivity index (χ2v) is 8.90. The van der Waals surface area contributed by atoms with Crippen LogP contribution in [0.25, 0.3) is 0 Å². The summed E-state index contributed by atoms with van der Waals surface area (Å²) in [6.45, 7) is 0.391. The van der Waals surface area contributed by atoms with Gasteiger partial charge in [-0.15, -0.1) is 0 Å². The molecule has 2 unspecified atom stereocenters. The van der Waals surface area contributed by atoms with Crippen molar-refractivity contribution in [3.8, 4) is 5.75 Å². The number of hydrogen-bond donors (Lipinski definition) is 0. The second kappa shape index (κ2) is 9.93. The second-order valence-electron chi connectivity index (χ2n) is 6.11. The zero-order chi connectivity index (χ0) is 20.1. The van der Waals surface area contributed by atoms with Crippen molar-refractivity contribution in [2.24, 2.45) is 0 Å². The summed E-state index contributed by atoms with van der Waals surface area (Å²) in [6.07, 6.45) is 0. The van der Waals surface area contributed by atoms with E-state index in [9.17, 15) is 4.79 Å². The minimum atomic E-state index is -0.508. The summed E-state index contributed by atoms with van der Waals surface area (Å²) in [5.74, 6) is 0.464. The van der Waals surface area contributed by atoms with Gasteiger partial charge in [0.05, 0.1) is 25.3 Å². The minimum Gasteiger partial charge on any atom is -0.488 e. The molecule has 0 radical (unpaired) electrons. The van der Waals surface area contributed by atoms with Crippen LogP contribution in [0.15, 0.2) is 72.8 Å². The van der Waals surface area contributed by atoms with Crippen LogP contribution in [-0.4, -0.2) is 10.6 Å². The van der Waals surface area contributed by atoms with E-state index in [0.29, 0.717) is 28.0 Å². The summed E-state index contributed by atoms with van der Waals surface area (Å²) >= 11 is 19.2. The Morgan fingerprint density at radius 2 is 1.57 bits per heavy atom. The topological polar surface area (TPSA) is 26.3 Å². The maximum atomic E-state index is 13.1. The van der Waals surface area contributed by atoms with Crippen molar-refractivity contribution in [2.75, 3.05) is 0 Å². The third-order valence-electron chi connectivity index (χ3n) is 4.16. The Bertz CT molecular complexity index is 964. The van der Waals surface area contributed by atoms with Crippen molar-refractivity contribution >= 4 is 60.8 Å². The third kappa shape index (κ3) is 5.18. The SMILES string of the molecule is O=C(c1ccccc1OCc1ccccc1)C(Br)C(Br)c1ccc(Cl)c(Cl)c1. The third-order valence-corrected chi connectivity index (χ3v) is 7.61. The molecule has 0 bridgehead atoms. The zero-order valence-corrected chi connectivity index (χ0v) is 19.3. The monoisotopic (exact) mass is 540 g/mol. The fraction of sp³-hybridized carbons (Fsp3) is 0.136. The molecule has 0 saturated carbocycles. The molecule has 0 fully saturated rings. The van der Waals surface area contributed by atoms with Gasteiger partial charge in [-0.05, 0) is 35.4 Å². The Hall–Kier alpha value is -1.33. The molecule has 0 N–H and O–H groups in total. The smallest absolute Gasteiger partial charge is 0.181 e. The molecule has 3 aromatic rings. The highest BCUT2D eigenvalue weighted by molar-refractivity contribution is 9.12. The quantitative estimate of drug-likeness (QED) is 0.226. The average Bonchev–Trinajstić information content (AvgIpc) is 2.73. The largest absolute Gasteiger partial charge is 0.488 e. The normalized spacial score (nSPS) is 13.0. The van der Waals surface area contributed by atoms with Crippen LogP contribution in [0.2, 0.25) is 10.0 Å². The summed E-state index contributed by atoms with van der Waals surface area (Å²) in [7, 11) is 0. The maximum Gasteiger partial charge on any atom is 0.181 e. The number of carbonyl (C=O) groups is 1. The predicted octanol–water partition coefficient (Wildman–Crippen LogP) is 7.65. The molecular weight excluding hydrogens is 527 g/mol. The molecule has 2 atom stereocenters. The van der Waals surface area contributed by atoms with Crippen LogP contribution >= 0.6 is 55.1 Å². The van der Waals surface area contributed by atoms with Gasteiger partial charge in [0.1, 0.15) is 12.4 Å². The fourth-order valence-electron chi connectivity index (χ4n) is 2.67. The van der Waals surface area contributed by atoms with Gasteiger partial charge in [0.25, 0.3) is 0 Å². The van der Waals surface area contributed by atoms with Crippen molar-refractivity contribution in [3.63, 3.8) is 0 Å². The molecule has 0 aliphatic carbocycles. The van der Waals surface area contributed by atoms with Gasteiger partial charge in [0.2, 0.25) is 0 Å². The van der Waals surface area contributed by atoms with Crippen molar-refractivity contribution in [2.45, 2.75) is 16.3 Å². The number of Topliss-reactive ketones (excluding diaryl/α,β-unsaturated/α-hetero) is 1. The molecule has 3 rings (SSSR count). The highest BCUT2D eigenvalue weighted by Crippen LogP contribution is 2.37. The first-order chi connectivity index (χ1) is 13.5. The van der Waals surface area contributed by atoms with Crippen LogP contribution < -0.4 is 4.74 Å². The van der Waals surface area contributed by atoms with Gasteiger partial charge in [0, 0.05) is 0 Å². The first-order valence-corrected chi connectivity index (χ1v) is 11.1. The lowest BCUT2D eigenvalue weighted by molar-refractivity contribution is 0.0986. The number of alkyl halides is 2. The van der Waals surface area contributed by atoms with Crippen molar-refractivity contribution < 1.29 is 9.53 Å². The molecule has 0 heterocycles. The van der Waals surface area contributed by atoms with E-state index >= 15 is 0 Å². The lowest BCUT2D eigenvalue weighted by Gasteiger charge is -2.18. The number of para-hydroxylation sites is 1. The van der Waals surface area contributed by atoms with Gasteiger partial charge in [-0.25, -0.2) is 0 Å². The standard InChI is InChI=1S/C22H16Br2Cl2O2/c23-20(15-10-11-17(25)18(26)12-15)21(24)22(27)16-8-4-5-9-19(16)28-13-14-6-2-1-3-7-14/h1-12,20-21H,13H2. The molecular formula is C22H16Br2Cl2O2. The van der Waals surface area contributed by atoms with Crippen LogP contribution in [0.4, 0.5) is 0 Å². The van der Waals surface area contributed by atoms with Gasteiger partial charge < -0.3 is 4.74 Å². The summed E-state index contributed by atoms with van der Waals surface area (Å²) in [5, 5.41) is 0.921. The molecule has 0 aromatic heterocycles. The molecule has 0 aliphatic heterocycles. The van der Waals surface area contributed by atoms with E-state index in [1.54, 1.807) is 24.3 Å². The molecule has 0 spiro atoms. The van der Waals surface area contributed by atoms with E-state index in [-0.39, 0.29) is 10.6 Å². The molecule has 2 nitrogen and oxygen atoms in total. The van der Waals surface area contributed by atoms with E-state index in [1.807, 2.05) is 48.5 Å². The Morgan fingerprint density at radius 1 is 0.893 bits per heavy atom. The predicted molar refractivity (Wildman–Crippen MR) is 122 cm³/mol. The van der Waals surface area contributed by atoms with Crippen LogP contribution in [0, 0.1) is 0 Å². The van der Waals surface area contributed by atoms with Gasteiger partial charge in [-0.2, -0.15) is 0 Å². The fourth-order valence-corrected chi connectivity index (χ4v) is 4.05. The van der Waals surface area contributed by atoms with Crippen LogP contribution in [-0.2, 0) is 6.61 Å². The molecule has 6 heteroatoms. The summed E-state index contributed by atoms with van der Waals surface area (Å²) < 4.78 is 5.92. The number of halogens is 4. The molecule has 144 valence electrons. The summed E-state index contributed by atoms with van der Waals surface area (Å²) in [4.78, 5) is 12.3. The highest BCUT2D eigenvalue weighted by atomic mass is 79.9. The summed E-state index contributed by atoms with van der Waals surface area (Å²) in [6, 6.07) is 22.4. The molecule has 0 saturated heterocycles. The number of benzene rings is 3. The molecule has 3 aromatic carbocycles. The summed E-state index contributed by atoms with van der Waals surface area (Å²) in [5.41, 5.74) is 2.41. The minimum absolute atomic E-state index is 0.0865. The van der Waals surface area contributed by atoms with Crippen molar-refractivity contribution in [3.05, 3.63) is 99.5 Å². The molecule has 0 aliphatic rings. The van der Waals surface area contributed by atoms with E-state index in [0.717, 1.165) is 11.1 Å². The Balaban J connectivity index is 1.78. The van der Waals surface area contributed by atoms with Gasteiger partial charge >= 0.3 is 0 Å². The highest BCUT2D eigenvalue weighted by Gasteiger charge is 2.28. The van der Waals surface area contributed by atoms with Crippen LogP contribution in [0.3, 0.4) is 0 Å². The first-order valence-electron chi connectivity index (χ1n) is 8.50. The van der Waals surface area contributed by atoms with E-state index in [4.69, 9.17) is 27.9 Å². The van der Waals surface area contributed by atoms with Gasteiger partial charge in [-0.3, -0.25) is 4.79 Å².